The Morgan fingerprint density at radius 2 is 2.00 bits per heavy atom. The molecule has 7 nitrogen and oxygen atoms in total. The maximum atomic E-state index is 12.9. The van der Waals surface area contributed by atoms with Crippen molar-refractivity contribution in [3.05, 3.63) is 30.1 Å². The van der Waals surface area contributed by atoms with Crippen molar-refractivity contribution < 1.29 is 22.4 Å². The van der Waals surface area contributed by atoms with Crippen molar-refractivity contribution in [3.8, 4) is 0 Å². The predicted octanol–water partition coefficient (Wildman–Crippen LogP) is -0.0135. The number of nitrogens with zero attached hydrogens (tertiary/aromatic N) is 1. The van der Waals surface area contributed by atoms with E-state index in [1.807, 2.05) is 0 Å². The number of anilines is 1. The molecule has 1 aliphatic rings. The topological polar surface area (TPSA) is 95.6 Å². The maximum absolute atomic E-state index is 12.9. The van der Waals surface area contributed by atoms with Crippen molar-refractivity contribution in [2.24, 2.45) is 0 Å². The van der Waals surface area contributed by atoms with Gasteiger partial charge in [0.1, 0.15) is 5.82 Å². The molecule has 0 saturated carbocycles. The molecule has 1 fully saturated rings. The zero-order valence-electron chi connectivity index (χ0n) is 12.6. The lowest BCUT2D eigenvalue weighted by molar-refractivity contribution is -0.121. The van der Waals surface area contributed by atoms with Crippen molar-refractivity contribution in [2.75, 3.05) is 24.2 Å². The molecular weight excluding hydrogens is 325 g/mol. The monoisotopic (exact) mass is 343 g/mol. The Bertz CT molecular complexity index is 690. The van der Waals surface area contributed by atoms with Crippen molar-refractivity contribution in [2.45, 2.75) is 18.9 Å². The summed E-state index contributed by atoms with van der Waals surface area (Å²) in [6.07, 6.45) is 1.16. The third-order valence-corrected chi connectivity index (χ3v) is 4.07. The molecule has 1 aliphatic heterocycles. The molecule has 1 aromatic carbocycles. The fraction of sp³-hybridized carbons (Fsp3) is 0.429. The minimum atomic E-state index is -3.33. The first kappa shape index (κ1) is 17.4. The van der Waals surface area contributed by atoms with E-state index in [4.69, 9.17) is 0 Å². The Morgan fingerprint density at radius 1 is 1.35 bits per heavy atom. The van der Waals surface area contributed by atoms with Gasteiger partial charge in [-0.25, -0.2) is 17.5 Å². The van der Waals surface area contributed by atoms with Gasteiger partial charge < -0.3 is 10.2 Å². The summed E-state index contributed by atoms with van der Waals surface area (Å²) in [6, 6.07) is 5.20. The van der Waals surface area contributed by atoms with Crippen LogP contribution in [0.3, 0.4) is 0 Å². The Kier molecular flexibility index (Phi) is 5.32. The molecule has 126 valence electrons. The molecule has 0 bridgehead atoms. The van der Waals surface area contributed by atoms with Crippen LogP contribution in [0.15, 0.2) is 24.3 Å². The van der Waals surface area contributed by atoms with Crippen LogP contribution in [0.25, 0.3) is 0 Å². The van der Waals surface area contributed by atoms with E-state index in [1.165, 1.54) is 29.2 Å². The lowest BCUT2D eigenvalue weighted by Crippen LogP contribution is -2.38. The zero-order valence-corrected chi connectivity index (χ0v) is 13.4. The summed E-state index contributed by atoms with van der Waals surface area (Å²) < 4.78 is 36.9. The quantitative estimate of drug-likeness (QED) is 0.759. The molecule has 1 aromatic rings. The normalized spacial score (nSPS) is 18.3. The van der Waals surface area contributed by atoms with E-state index < -0.39 is 10.0 Å². The Balaban J connectivity index is 1.85. The van der Waals surface area contributed by atoms with Crippen LogP contribution in [0, 0.1) is 5.82 Å². The fourth-order valence-corrected chi connectivity index (χ4v) is 2.80. The minimum absolute atomic E-state index is 0.00565. The van der Waals surface area contributed by atoms with Gasteiger partial charge in [0.25, 0.3) is 0 Å². The lowest BCUT2D eigenvalue weighted by Gasteiger charge is -2.17. The molecule has 1 atom stereocenters. The third-order valence-electron chi connectivity index (χ3n) is 3.34. The number of rotatable bonds is 6. The second-order valence-electron chi connectivity index (χ2n) is 5.37. The van der Waals surface area contributed by atoms with Crippen LogP contribution in [-0.4, -0.2) is 45.6 Å². The van der Waals surface area contributed by atoms with Gasteiger partial charge in [-0.2, -0.15) is 0 Å². The molecular formula is C14H18FN3O4S. The fourth-order valence-electron chi connectivity index (χ4n) is 2.32. The molecule has 23 heavy (non-hydrogen) atoms. The van der Waals surface area contributed by atoms with Gasteiger partial charge in [-0.05, 0) is 24.3 Å². The van der Waals surface area contributed by atoms with Crippen LogP contribution in [0.5, 0.6) is 0 Å². The highest BCUT2D eigenvalue weighted by atomic mass is 32.2. The second kappa shape index (κ2) is 7.05. The summed E-state index contributed by atoms with van der Waals surface area (Å²) in [6.45, 7) is 0.308. The van der Waals surface area contributed by atoms with E-state index in [1.54, 1.807) is 0 Å². The maximum Gasteiger partial charge on any atom is 0.229 e. The van der Waals surface area contributed by atoms with E-state index in [-0.39, 0.29) is 43.1 Å². The first-order valence-electron chi connectivity index (χ1n) is 7.04. The summed E-state index contributed by atoms with van der Waals surface area (Å²) in [5, 5.41) is 2.70. The number of hydrogen-bond acceptors (Lipinski definition) is 4. The number of benzene rings is 1. The molecule has 1 saturated heterocycles. The number of sulfonamides is 1. The predicted molar refractivity (Wildman–Crippen MR) is 82.8 cm³/mol. The van der Waals surface area contributed by atoms with Crippen molar-refractivity contribution in [1.29, 1.82) is 0 Å². The molecule has 0 aliphatic carbocycles. The number of carbonyl (C=O) groups excluding carboxylic acids is 2. The Hall–Kier alpha value is -2.00. The largest absolute Gasteiger partial charge is 0.351 e. The van der Waals surface area contributed by atoms with Gasteiger partial charge in [0.05, 0.1) is 12.3 Å². The molecule has 0 spiro atoms. The van der Waals surface area contributed by atoms with Gasteiger partial charge in [0.15, 0.2) is 0 Å². The van der Waals surface area contributed by atoms with Crippen molar-refractivity contribution in [1.82, 2.24) is 10.0 Å². The van der Waals surface area contributed by atoms with E-state index in [2.05, 4.69) is 10.0 Å². The molecule has 0 aromatic heterocycles. The Labute approximate surface area is 133 Å². The van der Waals surface area contributed by atoms with Gasteiger partial charge in [-0.3, -0.25) is 9.59 Å². The highest BCUT2D eigenvalue weighted by Gasteiger charge is 2.31. The molecule has 0 radical (unpaired) electrons. The van der Waals surface area contributed by atoms with Crippen LogP contribution in [0.2, 0.25) is 0 Å². The van der Waals surface area contributed by atoms with Crippen molar-refractivity contribution >= 4 is 27.5 Å². The van der Waals surface area contributed by atoms with Crippen LogP contribution in [0.4, 0.5) is 10.1 Å². The molecule has 0 unspecified atom stereocenters. The van der Waals surface area contributed by atoms with Gasteiger partial charge in [-0.15, -0.1) is 0 Å². The first-order chi connectivity index (χ1) is 10.7. The Morgan fingerprint density at radius 3 is 2.61 bits per heavy atom. The zero-order chi connectivity index (χ0) is 17.0. The smallest absolute Gasteiger partial charge is 0.229 e. The summed E-state index contributed by atoms with van der Waals surface area (Å²) >= 11 is 0. The van der Waals surface area contributed by atoms with Crippen LogP contribution in [0.1, 0.15) is 12.8 Å². The number of carbonyl (C=O) groups is 2. The number of hydrogen-bond donors (Lipinski definition) is 2. The molecule has 2 amide bonds. The van der Waals surface area contributed by atoms with Crippen LogP contribution >= 0.6 is 0 Å². The average molecular weight is 343 g/mol. The van der Waals surface area contributed by atoms with Crippen LogP contribution in [-0.2, 0) is 19.6 Å². The third kappa shape index (κ3) is 5.29. The first-order valence-corrected chi connectivity index (χ1v) is 8.93. The van der Waals surface area contributed by atoms with Gasteiger partial charge in [-0.1, -0.05) is 0 Å². The average Bonchev–Trinajstić information content (AvgIpc) is 2.79. The van der Waals surface area contributed by atoms with E-state index >= 15 is 0 Å². The van der Waals surface area contributed by atoms with Crippen molar-refractivity contribution in [3.63, 3.8) is 0 Å². The number of amides is 2. The second-order valence-corrected chi connectivity index (χ2v) is 7.20. The molecule has 2 rings (SSSR count). The van der Waals surface area contributed by atoms with Gasteiger partial charge in [0, 0.05) is 31.6 Å². The molecule has 1 heterocycles. The lowest BCUT2D eigenvalue weighted by atomic mass is 10.2. The van der Waals surface area contributed by atoms with Gasteiger partial charge >= 0.3 is 0 Å². The molecule has 9 heteroatoms. The minimum Gasteiger partial charge on any atom is -0.351 e. The standard InChI is InChI=1S/C14H18FN3O4S/c1-23(21,22)16-7-6-13(19)17-11-8-14(20)18(9-11)12-4-2-10(15)3-5-12/h2-5,11,16H,6-9H2,1H3,(H,17,19)/t11-/m0/s1. The van der Waals surface area contributed by atoms with Crippen LogP contribution < -0.4 is 14.9 Å². The summed E-state index contributed by atoms with van der Waals surface area (Å²) in [4.78, 5) is 25.2. The SMILES string of the molecule is CS(=O)(=O)NCCC(=O)N[C@H]1CC(=O)N(c2ccc(F)cc2)C1. The highest BCUT2D eigenvalue weighted by Crippen LogP contribution is 2.21. The summed E-state index contributed by atoms with van der Waals surface area (Å²) in [5.41, 5.74) is 0.576. The van der Waals surface area contributed by atoms with E-state index in [0.29, 0.717) is 12.2 Å². The number of nitrogens with one attached hydrogen (secondary N) is 2. The number of halogens is 1. The molecule has 2 N–H and O–H groups in total. The van der Waals surface area contributed by atoms with E-state index in [0.717, 1.165) is 6.26 Å². The summed E-state index contributed by atoms with van der Waals surface area (Å²) in [5.74, 6) is -0.875. The summed E-state index contributed by atoms with van der Waals surface area (Å²) in [7, 11) is -3.33. The van der Waals surface area contributed by atoms with Gasteiger partial charge in [0.2, 0.25) is 21.8 Å². The highest BCUT2D eigenvalue weighted by molar-refractivity contribution is 7.88. The van der Waals surface area contributed by atoms with E-state index in [9.17, 15) is 22.4 Å².